The van der Waals surface area contributed by atoms with Crippen LogP contribution in [0, 0.1) is 0 Å². The van der Waals surface area contributed by atoms with Gasteiger partial charge in [-0.2, -0.15) is 11.8 Å². The van der Waals surface area contributed by atoms with Crippen molar-refractivity contribution >= 4 is 22.9 Å². The van der Waals surface area contributed by atoms with E-state index in [9.17, 15) is 9.59 Å². The highest BCUT2D eigenvalue weighted by molar-refractivity contribution is 7.99. The third-order valence-electron chi connectivity index (χ3n) is 2.64. The Hall–Kier alpha value is -1.50. The van der Waals surface area contributed by atoms with Crippen molar-refractivity contribution in [3.05, 3.63) is 26.7 Å². The Labute approximate surface area is 93.9 Å². The number of H-pyrrole nitrogens is 3. The molecule has 0 spiro atoms. The molecule has 0 aromatic carbocycles. The van der Waals surface area contributed by atoms with Crippen LogP contribution in [0.15, 0.2) is 9.59 Å². The van der Waals surface area contributed by atoms with E-state index >= 15 is 0 Å². The van der Waals surface area contributed by atoms with Crippen LogP contribution in [-0.4, -0.2) is 25.7 Å². The van der Waals surface area contributed by atoms with Crippen LogP contribution in [-0.2, 0) is 0 Å². The maximum atomic E-state index is 11.5. The molecule has 2 aromatic heterocycles. The lowest BCUT2D eigenvalue weighted by atomic mass is 10.2. The molecule has 7 heteroatoms. The topological polar surface area (TPSA) is 94.4 Å². The number of rotatable bonds is 1. The second kappa shape index (κ2) is 3.51. The summed E-state index contributed by atoms with van der Waals surface area (Å²) in [6, 6.07) is 0. The molecule has 0 amide bonds. The Kier molecular flexibility index (Phi) is 2.13. The summed E-state index contributed by atoms with van der Waals surface area (Å²) in [7, 11) is 0. The first-order chi connectivity index (χ1) is 7.74. The number of hydrogen-bond donors (Lipinski definition) is 3. The summed E-state index contributed by atoms with van der Waals surface area (Å²) in [6.07, 6.45) is 2.23. The summed E-state index contributed by atoms with van der Waals surface area (Å²) in [5.74, 6) is 1.90. The third kappa shape index (κ3) is 1.47. The number of aromatic amines is 3. The maximum Gasteiger partial charge on any atom is 0.327 e. The van der Waals surface area contributed by atoms with Gasteiger partial charge in [-0.05, 0) is 18.6 Å². The van der Waals surface area contributed by atoms with E-state index < -0.39 is 11.2 Å². The molecule has 1 saturated heterocycles. The van der Waals surface area contributed by atoms with Gasteiger partial charge in [-0.15, -0.1) is 0 Å². The summed E-state index contributed by atoms with van der Waals surface area (Å²) in [4.78, 5) is 34.5. The van der Waals surface area contributed by atoms with Crippen LogP contribution in [0.25, 0.3) is 11.2 Å². The lowest BCUT2D eigenvalue weighted by Crippen LogP contribution is -2.21. The zero-order chi connectivity index (χ0) is 11.1. The zero-order valence-corrected chi connectivity index (χ0v) is 9.19. The van der Waals surface area contributed by atoms with Gasteiger partial charge in [-0.25, -0.2) is 9.78 Å². The highest BCUT2D eigenvalue weighted by atomic mass is 32.2. The number of imidazole rings is 1. The van der Waals surface area contributed by atoms with E-state index in [1.807, 2.05) is 11.8 Å². The average Bonchev–Trinajstić information content (AvgIpc) is 2.82. The van der Waals surface area contributed by atoms with Crippen molar-refractivity contribution in [1.82, 2.24) is 19.9 Å². The predicted octanol–water partition coefficient (Wildman–Crippen LogP) is 0.508. The first-order valence-electron chi connectivity index (χ1n) is 5.08. The molecule has 3 heterocycles. The van der Waals surface area contributed by atoms with Crippen molar-refractivity contribution in [3.8, 4) is 0 Å². The molecule has 2 aromatic rings. The number of fused-ring (bicyclic) bond motifs is 1. The summed E-state index contributed by atoms with van der Waals surface area (Å²) < 4.78 is 0. The van der Waals surface area contributed by atoms with E-state index in [2.05, 4.69) is 19.9 Å². The first kappa shape index (κ1) is 9.71. The number of thioether (sulfide) groups is 1. The molecule has 0 radical (unpaired) electrons. The highest BCUT2D eigenvalue weighted by Gasteiger charge is 2.21. The summed E-state index contributed by atoms with van der Waals surface area (Å²) >= 11 is 1.82. The van der Waals surface area contributed by atoms with Gasteiger partial charge in [-0.3, -0.25) is 14.8 Å². The number of nitrogens with one attached hydrogen (secondary N) is 3. The zero-order valence-electron chi connectivity index (χ0n) is 8.37. The third-order valence-corrected chi connectivity index (χ3v) is 4.03. The highest BCUT2D eigenvalue weighted by Crippen LogP contribution is 2.38. The molecule has 0 saturated carbocycles. The molecule has 1 unspecified atom stereocenters. The monoisotopic (exact) mass is 238 g/mol. The number of nitrogens with zero attached hydrogens (tertiary/aromatic N) is 1. The van der Waals surface area contributed by atoms with E-state index in [0.29, 0.717) is 16.4 Å². The Morgan fingerprint density at radius 3 is 2.88 bits per heavy atom. The van der Waals surface area contributed by atoms with Crippen molar-refractivity contribution < 1.29 is 0 Å². The van der Waals surface area contributed by atoms with E-state index in [1.54, 1.807) is 0 Å². The molecule has 3 rings (SSSR count). The standard InChI is InChI=1S/C9H10N4O2S/c14-8-5-7(12-9(15)13-8)11-6(10-5)4-2-1-3-16-4/h4H,1-3H2,(H3,10,11,12,13,14,15). The lowest BCUT2D eigenvalue weighted by molar-refractivity contribution is 0.792. The largest absolute Gasteiger partial charge is 0.335 e. The smallest absolute Gasteiger partial charge is 0.327 e. The minimum atomic E-state index is -0.519. The van der Waals surface area contributed by atoms with Gasteiger partial charge in [0.2, 0.25) is 0 Å². The Bertz CT molecular complexity index is 635. The van der Waals surface area contributed by atoms with Gasteiger partial charge in [0.1, 0.15) is 11.3 Å². The molecule has 1 fully saturated rings. The predicted molar refractivity (Wildman–Crippen MR) is 61.8 cm³/mol. The van der Waals surface area contributed by atoms with Crippen LogP contribution in [0.3, 0.4) is 0 Å². The average molecular weight is 238 g/mol. The molecule has 1 aliphatic heterocycles. The molecule has 0 aliphatic carbocycles. The van der Waals surface area contributed by atoms with Gasteiger partial charge >= 0.3 is 5.69 Å². The van der Waals surface area contributed by atoms with Gasteiger partial charge in [0.15, 0.2) is 5.65 Å². The van der Waals surface area contributed by atoms with Gasteiger partial charge < -0.3 is 4.98 Å². The summed E-state index contributed by atoms with van der Waals surface area (Å²) in [5, 5.41) is 0.315. The van der Waals surface area contributed by atoms with Crippen LogP contribution in [0.4, 0.5) is 0 Å². The fourth-order valence-corrected chi connectivity index (χ4v) is 3.12. The van der Waals surface area contributed by atoms with E-state index in [4.69, 9.17) is 0 Å². The summed E-state index contributed by atoms with van der Waals surface area (Å²) in [6.45, 7) is 0. The van der Waals surface area contributed by atoms with E-state index in [-0.39, 0.29) is 0 Å². The first-order valence-corrected chi connectivity index (χ1v) is 6.13. The van der Waals surface area contributed by atoms with E-state index in [0.717, 1.165) is 18.0 Å². The van der Waals surface area contributed by atoms with Gasteiger partial charge in [0.25, 0.3) is 5.56 Å². The Balaban J connectivity index is 2.18. The molecule has 1 atom stereocenters. The quantitative estimate of drug-likeness (QED) is 0.674. The minimum Gasteiger partial charge on any atom is -0.335 e. The van der Waals surface area contributed by atoms with Crippen LogP contribution < -0.4 is 11.2 Å². The molecule has 84 valence electrons. The van der Waals surface area contributed by atoms with Crippen LogP contribution in [0.2, 0.25) is 0 Å². The minimum absolute atomic E-state index is 0.315. The molecule has 1 aliphatic rings. The molecular formula is C9H10N4O2S. The fraction of sp³-hybridized carbons (Fsp3) is 0.444. The van der Waals surface area contributed by atoms with Crippen LogP contribution in [0.1, 0.15) is 23.9 Å². The van der Waals surface area contributed by atoms with Gasteiger partial charge in [0.05, 0.1) is 5.25 Å². The lowest BCUT2D eigenvalue weighted by Gasteiger charge is -2.01. The molecular weight excluding hydrogens is 228 g/mol. The second-order valence-corrected chi connectivity index (χ2v) is 5.07. The van der Waals surface area contributed by atoms with Crippen molar-refractivity contribution in [2.45, 2.75) is 18.1 Å². The van der Waals surface area contributed by atoms with Crippen molar-refractivity contribution in [2.24, 2.45) is 0 Å². The van der Waals surface area contributed by atoms with E-state index in [1.165, 1.54) is 6.42 Å². The van der Waals surface area contributed by atoms with Crippen molar-refractivity contribution in [2.75, 3.05) is 5.75 Å². The van der Waals surface area contributed by atoms with Crippen molar-refractivity contribution in [1.29, 1.82) is 0 Å². The van der Waals surface area contributed by atoms with Crippen LogP contribution in [0.5, 0.6) is 0 Å². The number of aromatic nitrogens is 4. The normalized spacial score (nSPS) is 20.6. The molecule has 6 nitrogen and oxygen atoms in total. The van der Waals surface area contributed by atoms with Crippen molar-refractivity contribution in [3.63, 3.8) is 0 Å². The second-order valence-electron chi connectivity index (χ2n) is 3.76. The maximum absolute atomic E-state index is 11.5. The van der Waals surface area contributed by atoms with Crippen LogP contribution >= 0.6 is 11.8 Å². The Morgan fingerprint density at radius 1 is 1.25 bits per heavy atom. The SMILES string of the molecule is O=c1[nH]c(=O)c2[nH]c(C3CCCS3)nc2[nH]1. The number of hydrogen-bond acceptors (Lipinski definition) is 4. The summed E-state index contributed by atoms with van der Waals surface area (Å²) in [5.41, 5.74) is -0.242. The van der Waals surface area contributed by atoms with Gasteiger partial charge in [0, 0.05) is 0 Å². The molecule has 0 bridgehead atoms. The molecule has 3 N–H and O–H groups in total. The molecule has 16 heavy (non-hydrogen) atoms. The van der Waals surface area contributed by atoms with Gasteiger partial charge in [-0.1, -0.05) is 0 Å². The fourth-order valence-electron chi connectivity index (χ4n) is 1.90. The Morgan fingerprint density at radius 2 is 2.12 bits per heavy atom.